The highest BCUT2D eigenvalue weighted by Gasteiger charge is 2.60. The molecule has 2 N–H and O–H groups in total. The molecule has 4 aliphatic carbocycles. The molecule has 0 aliphatic heterocycles. The lowest BCUT2D eigenvalue weighted by Crippen LogP contribution is -2.54. The lowest BCUT2D eigenvalue weighted by Gasteiger charge is -2.58. The fourth-order valence-corrected chi connectivity index (χ4v) is 9.33. The summed E-state index contributed by atoms with van der Waals surface area (Å²) >= 11 is 0. The zero-order chi connectivity index (χ0) is 23.4. The Morgan fingerprint density at radius 1 is 1.18 bits per heavy atom. The van der Waals surface area contributed by atoms with E-state index in [1.165, 1.54) is 32.1 Å². The summed E-state index contributed by atoms with van der Waals surface area (Å²) in [6, 6.07) is 2.13. The fourth-order valence-electron chi connectivity index (χ4n) is 9.33. The largest absolute Gasteiger partial charge is 0.388 e. The maximum Gasteiger partial charge on any atom is 0.102 e. The average Bonchev–Trinajstić information content (AvgIpc) is 3.36. The minimum atomic E-state index is -0.840. The second-order valence-electron chi connectivity index (χ2n) is 12.4. The van der Waals surface area contributed by atoms with E-state index in [9.17, 15) is 10.2 Å². The van der Waals surface area contributed by atoms with Crippen LogP contribution in [0, 0.1) is 52.3 Å². The summed E-state index contributed by atoms with van der Waals surface area (Å²) in [6.07, 6.45) is 13.5. The molecule has 0 radical (unpaired) electrons. The highest BCUT2D eigenvalue weighted by molar-refractivity contribution is 5.21. The summed E-state index contributed by atoms with van der Waals surface area (Å²) in [6.45, 7) is 5.35. The molecule has 4 aliphatic rings. The first kappa shape index (κ1) is 23.3. The lowest BCUT2D eigenvalue weighted by atomic mass is 9.48. The first-order chi connectivity index (χ1) is 15.7. The smallest absolute Gasteiger partial charge is 0.102 e. The van der Waals surface area contributed by atoms with Crippen molar-refractivity contribution in [3.05, 3.63) is 18.0 Å². The standard InChI is InChI=1S/C27H41N3O3/c1-25-10-8-21-20-9-11-27(32,17-33-3)12-19(20)4-5-22(21)23(25)6-7-24(25)26(2,31)16-30-15-18(13-28)14-29-30/h14-15,19-24,31-32H,4-12,16-17H2,1-3H3/t19-,20-,21+,22+,23?,24?,25-,26?,27+/m0/s1. The highest BCUT2D eigenvalue weighted by atomic mass is 16.5. The van der Waals surface area contributed by atoms with Gasteiger partial charge in [-0.25, -0.2) is 0 Å². The predicted octanol–water partition coefficient (Wildman–Crippen LogP) is 4.15. The summed E-state index contributed by atoms with van der Waals surface area (Å²) in [4.78, 5) is 0. The van der Waals surface area contributed by atoms with Gasteiger partial charge in [-0.05, 0) is 106 Å². The molecule has 4 saturated carbocycles. The first-order valence-electron chi connectivity index (χ1n) is 13.1. The van der Waals surface area contributed by atoms with Gasteiger partial charge in [0.2, 0.25) is 0 Å². The van der Waals surface area contributed by atoms with Crippen LogP contribution in [-0.4, -0.2) is 44.9 Å². The van der Waals surface area contributed by atoms with Crippen molar-refractivity contribution in [2.45, 2.75) is 89.4 Å². The molecule has 9 atom stereocenters. The maximum atomic E-state index is 11.7. The number of nitriles is 1. The van der Waals surface area contributed by atoms with Gasteiger partial charge in [-0.1, -0.05) is 6.92 Å². The molecule has 5 rings (SSSR count). The highest BCUT2D eigenvalue weighted by Crippen LogP contribution is 2.66. The van der Waals surface area contributed by atoms with Crippen LogP contribution in [0.25, 0.3) is 0 Å². The van der Waals surface area contributed by atoms with Gasteiger partial charge in [0.25, 0.3) is 0 Å². The topological polar surface area (TPSA) is 91.3 Å². The minimum Gasteiger partial charge on any atom is -0.388 e. The number of fused-ring (bicyclic) bond motifs is 5. The maximum absolute atomic E-state index is 11.7. The molecule has 182 valence electrons. The molecule has 0 aromatic carbocycles. The second kappa shape index (κ2) is 8.36. The molecule has 6 nitrogen and oxygen atoms in total. The SMILES string of the molecule is COC[C@@]1(O)CC[C@H]2[C@@H](CC[C@H]3C4CCC(C(C)(O)Cn5cc(C#N)cn5)[C@@]4(C)CC[C@H]23)C1. The molecule has 6 heteroatoms. The van der Waals surface area contributed by atoms with Gasteiger partial charge in [-0.3, -0.25) is 4.68 Å². The first-order valence-corrected chi connectivity index (χ1v) is 13.1. The van der Waals surface area contributed by atoms with Gasteiger partial charge in [-0.15, -0.1) is 0 Å². The van der Waals surface area contributed by atoms with Crippen molar-refractivity contribution in [2.75, 3.05) is 13.7 Å². The molecular formula is C27H41N3O3. The number of aliphatic hydroxyl groups is 2. The summed E-state index contributed by atoms with van der Waals surface area (Å²) in [5.41, 5.74) is -0.758. The minimum absolute atomic E-state index is 0.161. The molecular weight excluding hydrogens is 414 g/mol. The summed E-state index contributed by atoms with van der Waals surface area (Å²) in [5.74, 6) is 3.86. The van der Waals surface area contributed by atoms with Crippen LogP contribution in [-0.2, 0) is 11.3 Å². The van der Waals surface area contributed by atoms with Crippen LogP contribution in [0.3, 0.4) is 0 Å². The number of ether oxygens (including phenoxy) is 1. The Kier molecular flexibility index (Phi) is 5.91. The van der Waals surface area contributed by atoms with Crippen LogP contribution in [0.5, 0.6) is 0 Å². The Bertz CT molecular complexity index is 907. The van der Waals surface area contributed by atoms with Crippen LogP contribution in [0.2, 0.25) is 0 Å². The number of nitrogens with zero attached hydrogens (tertiary/aromatic N) is 3. The third-order valence-corrected chi connectivity index (χ3v) is 10.5. The van der Waals surface area contributed by atoms with Gasteiger partial charge in [0.05, 0.1) is 36.1 Å². The monoisotopic (exact) mass is 455 g/mol. The summed E-state index contributed by atoms with van der Waals surface area (Å²) in [7, 11) is 1.70. The van der Waals surface area contributed by atoms with Crippen LogP contribution in [0.1, 0.15) is 77.2 Å². The van der Waals surface area contributed by atoms with Crippen LogP contribution in [0.4, 0.5) is 0 Å². The van der Waals surface area contributed by atoms with E-state index in [0.29, 0.717) is 30.6 Å². The Labute approximate surface area is 198 Å². The Morgan fingerprint density at radius 3 is 2.70 bits per heavy atom. The van der Waals surface area contributed by atoms with E-state index in [4.69, 9.17) is 10.00 Å². The predicted molar refractivity (Wildman–Crippen MR) is 125 cm³/mol. The summed E-state index contributed by atoms with van der Waals surface area (Å²) in [5, 5.41) is 36.1. The average molecular weight is 456 g/mol. The van der Waals surface area contributed by atoms with Crippen molar-refractivity contribution in [3.8, 4) is 6.07 Å². The zero-order valence-electron chi connectivity index (χ0n) is 20.5. The molecule has 0 saturated heterocycles. The molecule has 0 spiro atoms. The van der Waals surface area contributed by atoms with Crippen LogP contribution in [0.15, 0.2) is 12.4 Å². The number of aromatic nitrogens is 2. The molecule has 1 aromatic rings. The van der Waals surface area contributed by atoms with E-state index < -0.39 is 11.2 Å². The van der Waals surface area contributed by atoms with Crippen molar-refractivity contribution < 1.29 is 14.9 Å². The van der Waals surface area contributed by atoms with E-state index in [1.807, 2.05) is 6.92 Å². The van der Waals surface area contributed by atoms with Gasteiger partial charge in [0.1, 0.15) is 6.07 Å². The third-order valence-electron chi connectivity index (χ3n) is 10.5. The molecule has 0 bridgehead atoms. The molecule has 33 heavy (non-hydrogen) atoms. The van der Waals surface area contributed by atoms with Gasteiger partial charge in [-0.2, -0.15) is 10.4 Å². The number of hydrogen-bond acceptors (Lipinski definition) is 5. The quantitative estimate of drug-likeness (QED) is 0.696. The fraction of sp³-hybridized carbons (Fsp3) is 0.852. The molecule has 0 amide bonds. The van der Waals surface area contributed by atoms with Crippen molar-refractivity contribution in [3.63, 3.8) is 0 Å². The van der Waals surface area contributed by atoms with Crippen molar-refractivity contribution in [2.24, 2.45) is 40.9 Å². The number of rotatable bonds is 5. The van der Waals surface area contributed by atoms with Gasteiger partial charge in [0, 0.05) is 13.3 Å². The van der Waals surface area contributed by atoms with E-state index in [-0.39, 0.29) is 11.3 Å². The lowest BCUT2D eigenvalue weighted by molar-refractivity contribution is -0.138. The van der Waals surface area contributed by atoms with E-state index >= 15 is 0 Å². The normalized spacial score (nSPS) is 44.2. The van der Waals surface area contributed by atoms with Gasteiger partial charge < -0.3 is 14.9 Å². The molecule has 3 unspecified atom stereocenters. The van der Waals surface area contributed by atoms with Crippen LogP contribution < -0.4 is 0 Å². The van der Waals surface area contributed by atoms with E-state index in [1.54, 1.807) is 24.2 Å². The summed E-state index contributed by atoms with van der Waals surface area (Å²) < 4.78 is 7.08. The Balaban J connectivity index is 1.31. The van der Waals surface area contributed by atoms with Crippen molar-refractivity contribution in [1.82, 2.24) is 9.78 Å². The Morgan fingerprint density at radius 2 is 1.97 bits per heavy atom. The van der Waals surface area contributed by atoms with Crippen LogP contribution >= 0.6 is 0 Å². The molecule has 1 heterocycles. The second-order valence-corrected chi connectivity index (χ2v) is 12.4. The molecule has 4 fully saturated rings. The van der Waals surface area contributed by atoms with Gasteiger partial charge in [0.15, 0.2) is 0 Å². The van der Waals surface area contributed by atoms with Crippen molar-refractivity contribution in [1.29, 1.82) is 5.26 Å². The molecule has 1 aromatic heterocycles. The number of hydrogen-bond donors (Lipinski definition) is 2. The third kappa shape index (κ3) is 3.94. The Hall–Kier alpha value is -1.42. The zero-order valence-corrected chi connectivity index (χ0v) is 20.5. The number of methoxy groups -OCH3 is 1. The van der Waals surface area contributed by atoms with E-state index in [0.717, 1.165) is 43.4 Å². The van der Waals surface area contributed by atoms with Crippen molar-refractivity contribution >= 4 is 0 Å². The van der Waals surface area contributed by atoms with Gasteiger partial charge >= 0.3 is 0 Å². The van der Waals surface area contributed by atoms with E-state index in [2.05, 4.69) is 18.1 Å².